The fraction of sp³-hybridized carbons (Fsp3) is 0.500. The van der Waals surface area contributed by atoms with E-state index in [4.69, 9.17) is 9.26 Å². The highest BCUT2D eigenvalue weighted by Crippen LogP contribution is 2.23. The van der Waals surface area contributed by atoms with Crippen LogP contribution in [0.4, 0.5) is 4.39 Å². The van der Waals surface area contributed by atoms with Crippen LogP contribution in [0.2, 0.25) is 0 Å². The lowest BCUT2D eigenvalue weighted by Gasteiger charge is -2.32. The molecule has 0 N–H and O–H groups in total. The van der Waals surface area contributed by atoms with Gasteiger partial charge in [0.05, 0.1) is 5.92 Å². The number of carbonyl (C=O) groups is 2. The minimum Gasteiger partial charge on any atom is -0.452 e. The van der Waals surface area contributed by atoms with E-state index in [1.165, 1.54) is 24.3 Å². The van der Waals surface area contributed by atoms with Crippen LogP contribution in [0.15, 0.2) is 28.8 Å². The zero-order chi connectivity index (χ0) is 20.1. The molecule has 1 aromatic carbocycles. The van der Waals surface area contributed by atoms with Crippen molar-refractivity contribution < 1.29 is 23.2 Å². The molecular weight excluding hydrogens is 365 g/mol. The third-order valence-corrected chi connectivity index (χ3v) is 4.73. The van der Waals surface area contributed by atoms with Crippen molar-refractivity contribution in [2.45, 2.75) is 45.6 Å². The Bertz CT molecular complexity index is 821. The van der Waals surface area contributed by atoms with Crippen LogP contribution in [0, 0.1) is 11.7 Å². The number of aromatic nitrogens is 2. The molecule has 8 heteroatoms. The first-order valence-electron chi connectivity index (χ1n) is 9.55. The fourth-order valence-corrected chi connectivity index (χ4v) is 3.21. The Morgan fingerprint density at radius 2 is 2.11 bits per heavy atom. The van der Waals surface area contributed by atoms with Crippen LogP contribution in [0.5, 0.6) is 0 Å². The number of piperidine rings is 1. The molecule has 2 heterocycles. The summed E-state index contributed by atoms with van der Waals surface area (Å²) < 4.78 is 23.7. The molecule has 1 fully saturated rings. The van der Waals surface area contributed by atoms with Gasteiger partial charge < -0.3 is 14.2 Å². The van der Waals surface area contributed by atoms with Crippen molar-refractivity contribution in [3.05, 3.63) is 47.4 Å². The minimum atomic E-state index is -0.645. The van der Waals surface area contributed by atoms with Crippen molar-refractivity contribution in [3.63, 3.8) is 0 Å². The average Bonchev–Trinajstić information content (AvgIpc) is 3.17. The molecule has 0 bridgehead atoms. The number of amides is 1. The van der Waals surface area contributed by atoms with Crippen LogP contribution in [-0.2, 0) is 16.0 Å². The molecule has 1 aliphatic rings. The molecule has 0 aliphatic carbocycles. The fourth-order valence-electron chi connectivity index (χ4n) is 3.21. The van der Waals surface area contributed by atoms with Gasteiger partial charge in [0.2, 0.25) is 0 Å². The van der Waals surface area contributed by atoms with E-state index in [0.29, 0.717) is 37.2 Å². The summed E-state index contributed by atoms with van der Waals surface area (Å²) in [5, 5.41) is 3.86. The molecule has 28 heavy (non-hydrogen) atoms. The van der Waals surface area contributed by atoms with Crippen LogP contribution < -0.4 is 0 Å². The Kier molecular flexibility index (Phi) is 6.38. The van der Waals surface area contributed by atoms with E-state index in [9.17, 15) is 14.0 Å². The van der Waals surface area contributed by atoms with Gasteiger partial charge in [-0.15, -0.1) is 0 Å². The third-order valence-electron chi connectivity index (χ3n) is 4.73. The lowest BCUT2D eigenvalue weighted by molar-refractivity contribution is -0.156. The molecule has 2 aromatic rings. The predicted molar refractivity (Wildman–Crippen MR) is 97.8 cm³/mol. The van der Waals surface area contributed by atoms with Crippen LogP contribution >= 0.6 is 0 Å². The zero-order valence-corrected chi connectivity index (χ0v) is 16.1. The summed E-state index contributed by atoms with van der Waals surface area (Å²) in [6.45, 7) is 4.53. The number of aryl methyl sites for hydroxylation is 1. The molecule has 7 nitrogen and oxygen atoms in total. The number of hydrogen-bond acceptors (Lipinski definition) is 6. The second-order valence-corrected chi connectivity index (χ2v) is 6.98. The first kappa shape index (κ1) is 20.0. The molecule has 1 aliphatic heterocycles. The average molecular weight is 389 g/mol. The van der Waals surface area contributed by atoms with Gasteiger partial charge >= 0.3 is 5.97 Å². The van der Waals surface area contributed by atoms with Crippen LogP contribution in [0.3, 0.4) is 0 Å². The van der Waals surface area contributed by atoms with Gasteiger partial charge in [-0.05, 0) is 50.5 Å². The molecule has 0 spiro atoms. The van der Waals surface area contributed by atoms with Gasteiger partial charge in [-0.1, -0.05) is 12.1 Å². The summed E-state index contributed by atoms with van der Waals surface area (Å²) >= 11 is 0. The van der Waals surface area contributed by atoms with Crippen molar-refractivity contribution >= 4 is 11.9 Å². The van der Waals surface area contributed by atoms with E-state index in [-0.39, 0.29) is 24.3 Å². The Balaban J connectivity index is 1.58. The summed E-state index contributed by atoms with van der Waals surface area (Å²) in [7, 11) is 0. The zero-order valence-electron chi connectivity index (χ0n) is 16.1. The largest absolute Gasteiger partial charge is 0.452 e. The molecule has 2 unspecified atom stereocenters. The minimum absolute atomic E-state index is 0.216. The summed E-state index contributed by atoms with van der Waals surface area (Å²) in [6, 6.07) is 5.40. The highest BCUT2D eigenvalue weighted by atomic mass is 19.1. The first-order chi connectivity index (χ1) is 13.5. The number of nitrogens with zero attached hydrogens (tertiary/aromatic N) is 3. The molecule has 150 valence electrons. The van der Waals surface area contributed by atoms with Crippen molar-refractivity contribution in [1.82, 2.24) is 15.0 Å². The van der Waals surface area contributed by atoms with Gasteiger partial charge in [0, 0.05) is 25.1 Å². The number of hydrogen-bond donors (Lipinski definition) is 0. The van der Waals surface area contributed by atoms with Gasteiger partial charge in [-0.25, -0.2) is 4.39 Å². The Morgan fingerprint density at radius 1 is 1.36 bits per heavy atom. The van der Waals surface area contributed by atoms with Crippen molar-refractivity contribution in [2.24, 2.45) is 5.92 Å². The van der Waals surface area contributed by atoms with Gasteiger partial charge in [0.1, 0.15) is 5.82 Å². The van der Waals surface area contributed by atoms with Gasteiger partial charge in [0.25, 0.3) is 11.8 Å². The van der Waals surface area contributed by atoms with E-state index >= 15 is 0 Å². The SMILES string of the molecule is CCCc1noc(C(C)OC(=O)C2CCCN(C(=O)c3ccc(F)cc3)C2)n1. The van der Waals surface area contributed by atoms with Gasteiger partial charge in [0.15, 0.2) is 11.9 Å². The van der Waals surface area contributed by atoms with Crippen molar-refractivity contribution in [2.75, 3.05) is 13.1 Å². The first-order valence-corrected chi connectivity index (χ1v) is 9.55. The number of benzene rings is 1. The molecule has 1 saturated heterocycles. The predicted octanol–water partition coefficient (Wildman–Crippen LogP) is 3.32. The summed E-state index contributed by atoms with van der Waals surface area (Å²) in [4.78, 5) is 31.0. The Morgan fingerprint density at radius 3 is 2.82 bits per heavy atom. The molecule has 0 radical (unpaired) electrons. The monoisotopic (exact) mass is 389 g/mol. The van der Waals surface area contributed by atoms with E-state index in [1.54, 1.807) is 11.8 Å². The highest BCUT2D eigenvalue weighted by Gasteiger charge is 2.31. The normalized spacial score (nSPS) is 18.0. The molecule has 1 aromatic heterocycles. The number of rotatable bonds is 6. The number of ether oxygens (including phenoxy) is 1. The van der Waals surface area contributed by atoms with Gasteiger partial charge in [-0.3, -0.25) is 9.59 Å². The molecule has 1 amide bonds. The summed E-state index contributed by atoms with van der Waals surface area (Å²) in [5.41, 5.74) is 0.401. The standard InChI is InChI=1S/C20H24FN3O4/c1-3-5-17-22-18(28-23-17)13(2)27-20(26)15-6-4-11-24(12-15)19(25)14-7-9-16(21)10-8-14/h7-10,13,15H,3-6,11-12H2,1-2H3. The number of likely N-dealkylation sites (tertiary alicyclic amines) is 1. The van der Waals surface area contributed by atoms with Gasteiger partial charge in [-0.2, -0.15) is 4.98 Å². The third kappa shape index (κ3) is 4.74. The van der Waals surface area contributed by atoms with E-state index in [1.807, 2.05) is 6.92 Å². The van der Waals surface area contributed by atoms with Crippen LogP contribution in [0.25, 0.3) is 0 Å². The molecular formula is C20H24FN3O4. The highest BCUT2D eigenvalue weighted by molar-refractivity contribution is 5.94. The lowest BCUT2D eigenvalue weighted by Crippen LogP contribution is -2.43. The topological polar surface area (TPSA) is 85.5 Å². The van der Waals surface area contributed by atoms with Crippen molar-refractivity contribution in [3.8, 4) is 0 Å². The number of carbonyl (C=O) groups excluding carboxylic acids is 2. The number of halogens is 1. The van der Waals surface area contributed by atoms with E-state index in [2.05, 4.69) is 10.1 Å². The summed E-state index contributed by atoms with van der Waals surface area (Å²) in [5.74, 6) is -0.556. The van der Waals surface area contributed by atoms with E-state index in [0.717, 1.165) is 6.42 Å². The Hall–Kier alpha value is -2.77. The molecule has 2 atom stereocenters. The van der Waals surface area contributed by atoms with Crippen molar-refractivity contribution in [1.29, 1.82) is 0 Å². The Labute approximate surface area is 162 Å². The lowest BCUT2D eigenvalue weighted by atomic mass is 9.97. The maximum absolute atomic E-state index is 13.1. The van der Waals surface area contributed by atoms with Crippen LogP contribution in [0.1, 0.15) is 61.3 Å². The molecule has 0 saturated carbocycles. The smallest absolute Gasteiger partial charge is 0.311 e. The maximum Gasteiger partial charge on any atom is 0.311 e. The molecule has 3 rings (SSSR count). The maximum atomic E-state index is 13.1. The number of esters is 1. The quantitative estimate of drug-likeness (QED) is 0.705. The second-order valence-electron chi connectivity index (χ2n) is 6.98. The summed E-state index contributed by atoms with van der Waals surface area (Å²) in [6.07, 6.45) is 2.29. The van der Waals surface area contributed by atoms with Crippen LogP contribution in [-0.4, -0.2) is 40.0 Å². The van der Waals surface area contributed by atoms with E-state index < -0.39 is 17.8 Å². The second kappa shape index (κ2) is 8.95.